The summed E-state index contributed by atoms with van der Waals surface area (Å²) in [7, 11) is 1.59. The van der Waals surface area contributed by atoms with Crippen LogP contribution in [0.4, 0.5) is 0 Å². The van der Waals surface area contributed by atoms with Crippen LogP contribution in [0.1, 0.15) is 45.4 Å². The van der Waals surface area contributed by atoms with Gasteiger partial charge in [-0.05, 0) is 49.0 Å². The third-order valence-electron chi connectivity index (χ3n) is 3.14. The van der Waals surface area contributed by atoms with Gasteiger partial charge in [-0.2, -0.15) is 0 Å². The third kappa shape index (κ3) is 2.72. The molecular formula is C15H18N2O2S. The molecule has 0 bridgehead atoms. The summed E-state index contributed by atoms with van der Waals surface area (Å²) in [5.74, 6) is 0.571. The van der Waals surface area contributed by atoms with Crippen molar-refractivity contribution in [3.8, 4) is 5.75 Å². The number of carbonyl (C=O) groups excluding carboxylic acids is 1. The second-order valence-electron chi connectivity index (χ2n) is 4.79. The molecule has 0 unspecified atom stereocenters. The van der Waals surface area contributed by atoms with Crippen molar-refractivity contribution in [2.45, 2.75) is 33.6 Å². The lowest BCUT2D eigenvalue weighted by Gasteiger charge is -2.11. The minimum Gasteiger partial charge on any atom is -0.496 e. The number of aromatic nitrogens is 2. The van der Waals surface area contributed by atoms with Crippen LogP contribution in [0.2, 0.25) is 0 Å². The van der Waals surface area contributed by atoms with Crippen molar-refractivity contribution in [1.29, 1.82) is 0 Å². The molecule has 2 aromatic rings. The van der Waals surface area contributed by atoms with E-state index in [-0.39, 0.29) is 5.78 Å². The zero-order chi connectivity index (χ0) is 14.7. The van der Waals surface area contributed by atoms with E-state index in [1.165, 1.54) is 0 Å². The highest BCUT2D eigenvalue weighted by atomic mass is 32.1. The van der Waals surface area contributed by atoms with Gasteiger partial charge >= 0.3 is 0 Å². The van der Waals surface area contributed by atoms with Gasteiger partial charge in [-0.25, -0.2) is 0 Å². The van der Waals surface area contributed by atoms with Crippen LogP contribution < -0.4 is 4.74 Å². The first-order valence-corrected chi connectivity index (χ1v) is 7.37. The Morgan fingerprint density at radius 2 is 2.10 bits per heavy atom. The number of ether oxygens (including phenoxy) is 1. The minimum atomic E-state index is -0.0437. The molecule has 0 N–H and O–H groups in total. The van der Waals surface area contributed by atoms with Gasteiger partial charge in [0, 0.05) is 0 Å². The first-order chi connectivity index (χ1) is 9.58. The number of carbonyl (C=O) groups is 1. The Kier molecular flexibility index (Phi) is 4.49. The number of hydrogen-bond acceptors (Lipinski definition) is 5. The van der Waals surface area contributed by atoms with E-state index in [1.807, 2.05) is 26.0 Å². The maximum absolute atomic E-state index is 12.8. The van der Waals surface area contributed by atoms with Crippen LogP contribution in [0.15, 0.2) is 12.1 Å². The van der Waals surface area contributed by atoms with E-state index in [4.69, 9.17) is 4.74 Å². The van der Waals surface area contributed by atoms with Gasteiger partial charge in [0.2, 0.25) is 5.78 Å². The van der Waals surface area contributed by atoms with Gasteiger partial charge < -0.3 is 4.74 Å². The van der Waals surface area contributed by atoms with Gasteiger partial charge in [-0.3, -0.25) is 4.79 Å². The van der Waals surface area contributed by atoms with Crippen molar-refractivity contribution in [2.24, 2.45) is 0 Å². The van der Waals surface area contributed by atoms with Crippen LogP contribution in [0, 0.1) is 13.8 Å². The smallest absolute Gasteiger partial charge is 0.210 e. The first-order valence-electron chi connectivity index (χ1n) is 6.59. The monoisotopic (exact) mass is 290 g/mol. The number of benzene rings is 1. The predicted molar refractivity (Wildman–Crippen MR) is 79.8 cm³/mol. The molecule has 20 heavy (non-hydrogen) atoms. The van der Waals surface area contributed by atoms with Gasteiger partial charge in [0.05, 0.1) is 18.4 Å². The molecule has 0 fully saturated rings. The quantitative estimate of drug-likeness (QED) is 0.792. The number of ketones is 1. The maximum Gasteiger partial charge on any atom is 0.210 e. The molecule has 106 valence electrons. The van der Waals surface area contributed by atoms with Crippen LogP contribution in [0.3, 0.4) is 0 Å². The highest BCUT2D eigenvalue weighted by Gasteiger charge is 2.22. The molecule has 0 saturated heterocycles. The fourth-order valence-electron chi connectivity index (χ4n) is 2.28. The van der Waals surface area contributed by atoms with Crippen LogP contribution in [-0.4, -0.2) is 22.5 Å². The summed E-state index contributed by atoms with van der Waals surface area (Å²) in [5.41, 5.74) is 3.39. The predicted octanol–water partition coefficient (Wildman–Crippen LogP) is 3.35. The van der Waals surface area contributed by atoms with E-state index >= 15 is 0 Å². The molecule has 0 aliphatic rings. The third-order valence-corrected chi connectivity index (χ3v) is 3.91. The largest absolute Gasteiger partial charge is 0.496 e. The molecule has 0 spiro atoms. The van der Waals surface area contributed by atoms with Crippen molar-refractivity contribution in [2.75, 3.05) is 7.11 Å². The van der Waals surface area contributed by atoms with Crippen molar-refractivity contribution >= 4 is 17.3 Å². The van der Waals surface area contributed by atoms with E-state index in [1.54, 1.807) is 7.11 Å². The van der Waals surface area contributed by atoms with E-state index in [0.717, 1.165) is 41.2 Å². The lowest BCUT2D eigenvalue weighted by Crippen LogP contribution is -2.08. The van der Waals surface area contributed by atoms with Gasteiger partial charge in [0.25, 0.3) is 0 Å². The van der Waals surface area contributed by atoms with Crippen LogP contribution >= 0.6 is 11.5 Å². The summed E-state index contributed by atoms with van der Waals surface area (Å²) in [6, 6.07) is 3.87. The normalized spacial score (nSPS) is 10.6. The van der Waals surface area contributed by atoms with E-state index in [2.05, 4.69) is 16.5 Å². The SMILES string of the molecule is CCCc1nnsc1C(=O)c1c(C)cc(C)cc1OC. The highest BCUT2D eigenvalue weighted by Crippen LogP contribution is 2.28. The Labute approximate surface area is 123 Å². The Balaban J connectivity index is 2.50. The zero-order valence-electron chi connectivity index (χ0n) is 12.2. The fraction of sp³-hybridized carbons (Fsp3) is 0.400. The summed E-state index contributed by atoms with van der Waals surface area (Å²) >= 11 is 1.16. The second-order valence-corrected chi connectivity index (χ2v) is 5.54. The van der Waals surface area contributed by atoms with E-state index < -0.39 is 0 Å². The summed E-state index contributed by atoms with van der Waals surface area (Å²) in [6.45, 7) is 5.97. The highest BCUT2D eigenvalue weighted by molar-refractivity contribution is 7.08. The maximum atomic E-state index is 12.8. The Morgan fingerprint density at radius 1 is 1.35 bits per heavy atom. The molecule has 1 aromatic carbocycles. The summed E-state index contributed by atoms with van der Waals surface area (Å²) in [4.78, 5) is 13.4. The van der Waals surface area contributed by atoms with Crippen molar-refractivity contribution in [3.05, 3.63) is 39.4 Å². The molecule has 0 aliphatic carbocycles. The summed E-state index contributed by atoms with van der Waals surface area (Å²) in [5, 5.41) is 4.06. The molecule has 2 rings (SSSR count). The molecule has 1 aromatic heterocycles. The Hall–Kier alpha value is -1.75. The first kappa shape index (κ1) is 14.7. The van der Waals surface area contributed by atoms with E-state index in [9.17, 15) is 4.79 Å². The van der Waals surface area contributed by atoms with Crippen molar-refractivity contribution < 1.29 is 9.53 Å². The number of aryl methyl sites for hydroxylation is 3. The van der Waals surface area contributed by atoms with Crippen LogP contribution in [0.5, 0.6) is 5.75 Å². The molecule has 5 heteroatoms. The van der Waals surface area contributed by atoms with Gasteiger partial charge in [0.15, 0.2) is 0 Å². The standard InChI is InChI=1S/C15H18N2O2S/c1-5-6-11-15(20-17-16-11)14(18)13-10(3)7-9(2)8-12(13)19-4/h7-8H,5-6H2,1-4H3. The Morgan fingerprint density at radius 3 is 2.75 bits per heavy atom. The molecule has 0 saturated carbocycles. The minimum absolute atomic E-state index is 0.0437. The Bertz CT molecular complexity index is 635. The number of hydrogen-bond donors (Lipinski definition) is 0. The molecule has 0 atom stereocenters. The van der Waals surface area contributed by atoms with Gasteiger partial charge in [-0.15, -0.1) is 5.10 Å². The molecular weight excluding hydrogens is 272 g/mol. The molecule has 4 nitrogen and oxygen atoms in total. The lowest BCUT2D eigenvalue weighted by molar-refractivity contribution is 0.103. The van der Waals surface area contributed by atoms with Crippen LogP contribution in [0.25, 0.3) is 0 Å². The fourth-order valence-corrected chi connectivity index (χ4v) is 2.93. The summed E-state index contributed by atoms with van der Waals surface area (Å²) in [6.07, 6.45) is 1.71. The van der Waals surface area contributed by atoms with Crippen LogP contribution in [-0.2, 0) is 6.42 Å². The number of rotatable bonds is 5. The van der Waals surface area contributed by atoms with Gasteiger partial charge in [0.1, 0.15) is 10.6 Å². The van der Waals surface area contributed by atoms with Gasteiger partial charge in [-0.1, -0.05) is 23.9 Å². The van der Waals surface area contributed by atoms with Crippen molar-refractivity contribution in [1.82, 2.24) is 9.59 Å². The van der Waals surface area contributed by atoms with E-state index in [0.29, 0.717) is 16.2 Å². The summed E-state index contributed by atoms with van der Waals surface area (Å²) < 4.78 is 9.29. The zero-order valence-corrected chi connectivity index (χ0v) is 13.0. The van der Waals surface area contributed by atoms with Crippen molar-refractivity contribution in [3.63, 3.8) is 0 Å². The average Bonchev–Trinajstić information content (AvgIpc) is 2.85. The number of methoxy groups -OCH3 is 1. The molecule has 1 heterocycles. The topological polar surface area (TPSA) is 52.1 Å². The number of nitrogens with zero attached hydrogens (tertiary/aromatic N) is 2. The molecule has 0 radical (unpaired) electrons. The average molecular weight is 290 g/mol. The second kappa shape index (κ2) is 6.13. The lowest BCUT2D eigenvalue weighted by atomic mass is 9.99. The molecule has 0 amide bonds. The molecule has 0 aliphatic heterocycles.